The van der Waals surface area contributed by atoms with Gasteiger partial charge in [0.2, 0.25) is 17.7 Å². The Morgan fingerprint density at radius 3 is 2.54 bits per heavy atom. The number of fused-ring (bicyclic) bond motifs is 1. The van der Waals surface area contributed by atoms with Gasteiger partial charge in [-0.15, -0.1) is 11.8 Å². The Morgan fingerprint density at radius 1 is 1.23 bits per heavy atom. The number of amides is 3. The highest BCUT2D eigenvalue weighted by Gasteiger charge is 2.54. The third kappa shape index (κ3) is 6.35. The summed E-state index contributed by atoms with van der Waals surface area (Å²) in [6.45, 7) is 5.68. The molecule has 5 atom stereocenters. The van der Waals surface area contributed by atoms with E-state index in [4.69, 9.17) is 0 Å². The molecule has 9 nitrogen and oxygen atoms in total. The van der Waals surface area contributed by atoms with E-state index < -0.39 is 35.6 Å². The van der Waals surface area contributed by atoms with E-state index in [0.717, 1.165) is 5.56 Å². The van der Waals surface area contributed by atoms with Crippen LogP contribution < -0.4 is 16.0 Å². The Morgan fingerprint density at radius 2 is 1.91 bits per heavy atom. The molecule has 0 unspecified atom stereocenters. The fourth-order valence-corrected chi connectivity index (χ4v) is 6.38. The summed E-state index contributed by atoms with van der Waals surface area (Å²) in [7, 11) is 1.68. The summed E-state index contributed by atoms with van der Waals surface area (Å²) in [6, 6.07) is 6.91. The zero-order valence-electron chi connectivity index (χ0n) is 20.7. The summed E-state index contributed by atoms with van der Waals surface area (Å²) in [5.74, 6) is -1.05. The average Bonchev–Trinajstić information content (AvgIpc) is 3.01. The minimum atomic E-state index is -0.935. The molecule has 4 N–H and O–H groups in total. The number of carbonyl (C=O) groups is 4. The molecular formula is C25H36N4O5S. The van der Waals surface area contributed by atoms with Gasteiger partial charge in [0.15, 0.2) is 0 Å². The van der Waals surface area contributed by atoms with Crippen LogP contribution in [0.3, 0.4) is 0 Å². The Labute approximate surface area is 210 Å². The Bertz CT molecular complexity index is 941. The molecule has 3 rings (SSSR count). The number of carboxylic acid groups (broad SMARTS) is 1. The van der Waals surface area contributed by atoms with E-state index in [9.17, 15) is 24.3 Å². The summed E-state index contributed by atoms with van der Waals surface area (Å²) >= 11 is 1.64. The van der Waals surface area contributed by atoms with Crippen LogP contribution >= 0.6 is 11.8 Å². The van der Waals surface area contributed by atoms with E-state index in [0.29, 0.717) is 18.6 Å². The summed E-state index contributed by atoms with van der Waals surface area (Å²) in [6.07, 6.45) is 1.30. The SMILES string of the molecule is CN[C@@H](C)C(=O)N[C@H]1CCS[C@H]2CC(C)(C)[C@@H](C(=O)N[C@H](CCC(=O)O)c3ccccc3)N2C1=O. The lowest BCUT2D eigenvalue weighted by molar-refractivity contribution is -0.144. The molecule has 10 heteroatoms. The molecule has 1 aromatic rings. The van der Waals surface area contributed by atoms with Gasteiger partial charge in [-0.2, -0.15) is 0 Å². The van der Waals surface area contributed by atoms with Gasteiger partial charge >= 0.3 is 5.97 Å². The number of aliphatic carboxylic acids is 1. The van der Waals surface area contributed by atoms with Crippen LogP contribution in [0.2, 0.25) is 0 Å². The maximum absolute atomic E-state index is 13.7. The predicted molar refractivity (Wildman–Crippen MR) is 135 cm³/mol. The number of likely N-dealkylation sites (N-methyl/N-ethyl adjacent to an activating group) is 1. The summed E-state index contributed by atoms with van der Waals surface area (Å²) in [4.78, 5) is 52.8. The smallest absolute Gasteiger partial charge is 0.303 e. The quantitative estimate of drug-likeness (QED) is 0.404. The highest BCUT2D eigenvalue weighted by molar-refractivity contribution is 7.99. The van der Waals surface area contributed by atoms with Crippen LogP contribution in [0.25, 0.3) is 0 Å². The number of carbonyl (C=O) groups excluding carboxylic acids is 3. The van der Waals surface area contributed by atoms with Gasteiger partial charge in [0.05, 0.1) is 17.5 Å². The van der Waals surface area contributed by atoms with E-state index in [1.807, 2.05) is 44.2 Å². The number of hydrogen-bond donors (Lipinski definition) is 4. The molecular weight excluding hydrogens is 468 g/mol. The van der Waals surface area contributed by atoms with Crippen LogP contribution in [0, 0.1) is 5.41 Å². The average molecular weight is 505 g/mol. The standard InChI is InChI=1S/C25H36N4O5S/c1-15(26-4)22(32)28-18-12-13-35-19-14-25(2,3)21(29(19)24(18)34)23(33)27-17(10-11-20(30)31)16-8-6-5-7-9-16/h5-9,15,17-19,21,26H,10-14H2,1-4H3,(H,27,33)(H,28,32)(H,30,31)/t15-,17+,18-,19-,21+/m0/s1. The van der Waals surface area contributed by atoms with E-state index >= 15 is 0 Å². The number of thioether (sulfide) groups is 1. The lowest BCUT2D eigenvalue weighted by Crippen LogP contribution is -2.58. The zero-order chi connectivity index (χ0) is 25.8. The molecule has 0 aromatic heterocycles. The second-order valence-electron chi connectivity index (χ2n) is 9.93. The molecule has 0 spiro atoms. The van der Waals surface area contributed by atoms with Crippen molar-refractivity contribution in [3.63, 3.8) is 0 Å². The van der Waals surface area contributed by atoms with Crippen LogP contribution in [0.15, 0.2) is 30.3 Å². The van der Waals surface area contributed by atoms with Gasteiger partial charge in [0, 0.05) is 6.42 Å². The highest BCUT2D eigenvalue weighted by Crippen LogP contribution is 2.46. The van der Waals surface area contributed by atoms with Crippen molar-refractivity contribution in [2.45, 2.75) is 76.0 Å². The molecule has 3 amide bonds. The summed E-state index contributed by atoms with van der Waals surface area (Å²) < 4.78 is 0. The summed E-state index contributed by atoms with van der Waals surface area (Å²) in [5, 5.41) is 17.8. The van der Waals surface area contributed by atoms with Crippen LogP contribution in [0.1, 0.15) is 58.1 Å². The summed E-state index contributed by atoms with van der Waals surface area (Å²) in [5.41, 5.74) is 0.326. The Hall–Kier alpha value is -2.59. The molecule has 1 aromatic carbocycles. The van der Waals surface area contributed by atoms with Crippen molar-refractivity contribution in [1.29, 1.82) is 0 Å². The van der Waals surface area contributed by atoms with Crippen LogP contribution in [-0.4, -0.2) is 70.0 Å². The lowest BCUT2D eigenvalue weighted by Gasteiger charge is -2.35. The first-order valence-corrected chi connectivity index (χ1v) is 13.1. The molecule has 2 aliphatic rings. The van der Waals surface area contributed by atoms with Gasteiger partial charge in [-0.3, -0.25) is 19.2 Å². The molecule has 0 bridgehead atoms. The monoisotopic (exact) mass is 504 g/mol. The van der Waals surface area contributed by atoms with Crippen molar-refractivity contribution in [1.82, 2.24) is 20.9 Å². The van der Waals surface area contributed by atoms with Gasteiger partial charge in [0.1, 0.15) is 12.1 Å². The van der Waals surface area contributed by atoms with Crippen molar-refractivity contribution >= 4 is 35.5 Å². The van der Waals surface area contributed by atoms with E-state index in [1.54, 1.807) is 30.6 Å². The van der Waals surface area contributed by atoms with Crippen molar-refractivity contribution in [3.05, 3.63) is 35.9 Å². The topological polar surface area (TPSA) is 128 Å². The number of hydrogen-bond acceptors (Lipinski definition) is 6. The predicted octanol–water partition coefficient (Wildman–Crippen LogP) is 1.89. The Kier molecular flexibility index (Phi) is 8.82. The lowest BCUT2D eigenvalue weighted by atomic mass is 9.83. The number of rotatable bonds is 9. The molecule has 192 valence electrons. The number of nitrogens with one attached hydrogen (secondary N) is 3. The molecule has 2 fully saturated rings. The number of carboxylic acids is 1. The second-order valence-corrected chi connectivity index (χ2v) is 11.2. The van der Waals surface area contributed by atoms with E-state index in [2.05, 4.69) is 16.0 Å². The minimum Gasteiger partial charge on any atom is -0.481 e. The molecule has 0 radical (unpaired) electrons. The normalized spacial score (nSPS) is 25.2. The molecule has 0 saturated carbocycles. The van der Waals surface area contributed by atoms with Gasteiger partial charge in [-0.05, 0) is 50.0 Å². The first kappa shape index (κ1) is 27.0. The van der Waals surface area contributed by atoms with Crippen LogP contribution in [0.4, 0.5) is 0 Å². The molecule has 2 saturated heterocycles. The van der Waals surface area contributed by atoms with Crippen molar-refractivity contribution in [2.24, 2.45) is 5.41 Å². The highest BCUT2D eigenvalue weighted by atomic mass is 32.2. The first-order valence-electron chi connectivity index (χ1n) is 12.0. The van der Waals surface area contributed by atoms with Gasteiger partial charge in [0.25, 0.3) is 0 Å². The number of nitrogens with zero attached hydrogens (tertiary/aromatic N) is 1. The van der Waals surface area contributed by atoms with Crippen LogP contribution in [0.5, 0.6) is 0 Å². The number of benzene rings is 1. The van der Waals surface area contributed by atoms with Gasteiger partial charge in [-0.1, -0.05) is 44.2 Å². The van der Waals surface area contributed by atoms with E-state index in [-0.39, 0.29) is 35.9 Å². The maximum Gasteiger partial charge on any atom is 0.303 e. The second kappa shape index (κ2) is 11.4. The van der Waals surface area contributed by atoms with Crippen molar-refractivity contribution in [2.75, 3.05) is 12.8 Å². The van der Waals surface area contributed by atoms with Gasteiger partial charge < -0.3 is 26.0 Å². The molecule has 35 heavy (non-hydrogen) atoms. The van der Waals surface area contributed by atoms with Crippen LogP contribution in [-0.2, 0) is 19.2 Å². The van der Waals surface area contributed by atoms with Gasteiger partial charge in [-0.25, -0.2) is 0 Å². The molecule has 2 aliphatic heterocycles. The zero-order valence-corrected chi connectivity index (χ0v) is 21.6. The fourth-order valence-electron chi connectivity index (χ4n) is 4.81. The minimum absolute atomic E-state index is 0.0905. The first-order chi connectivity index (χ1) is 16.5. The van der Waals surface area contributed by atoms with Crippen molar-refractivity contribution < 1.29 is 24.3 Å². The van der Waals surface area contributed by atoms with Crippen molar-refractivity contribution in [3.8, 4) is 0 Å². The van der Waals surface area contributed by atoms with E-state index in [1.165, 1.54) is 0 Å². The Balaban J connectivity index is 1.85. The maximum atomic E-state index is 13.7. The molecule has 2 heterocycles. The fraction of sp³-hybridized carbons (Fsp3) is 0.600. The third-order valence-corrected chi connectivity index (χ3v) is 8.11. The third-order valence-electron chi connectivity index (χ3n) is 6.86. The largest absolute Gasteiger partial charge is 0.481 e. The molecule has 0 aliphatic carbocycles.